The van der Waals surface area contributed by atoms with E-state index in [1.807, 2.05) is 18.2 Å². The van der Waals surface area contributed by atoms with Crippen LogP contribution in [0.25, 0.3) is 0 Å². The molecular weight excluding hydrogens is 382 g/mol. The van der Waals surface area contributed by atoms with Gasteiger partial charge in [-0.25, -0.2) is 0 Å². The molecule has 3 rings (SSSR count). The van der Waals surface area contributed by atoms with E-state index < -0.39 is 6.04 Å². The Kier molecular flexibility index (Phi) is 7.95. The van der Waals surface area contributed by atoms with Gasteiger partial charge in [0.15, 0.2) is 0 Å². The van der Waals surface area contributed by atoms with E-state index in [-0.39, 0.29) is 24.1 Å². The third kappa shape index (κ3) is 5.24. The summed E-state index contributed by atoms with van der Waals surface area (Å²) in [5, 5.41) is 5.80. The second-order valence-electron chi connectivity index (χ2n) is 7.96. The molecule has 1 aromatic carbocycles. The summed E-state index contributed by atoms with van der Waals surface area (Å²) in [7, 11) is 0. The van der Waals surface area contributed by atoms with Crippen LogP contribution in [-0.2, 0) is 22.7 Å². The SMILES string of the molecule is CCN(CCCN)CCCNCc1cccc2c1C(=O)N(C1CCC(=O)NC1=O)C2. The fourth-order valence-corrected chi connectivity index (χ4v) is 4.23. The predicted octanol–water partition coefficient (Wildman–Crippen LogP) is 0.598. The number of amides is 3. The van der Waals surface area contributed by atoms with Crippen LogP contribution in [0.3, 0.4) is 0 Å². The summed E-state index contributed by atoms with van der Waals surface area (Å²) in [6, 6.07) is 5.30. The summed E-state index contributed by atoms with van der Waals surface area (Å²) in [5.41, 5.74) is 8.20. The minimum Gasteiger partial charge on any atom is -0.330 e. The first-order valence-electron chi connectivity index (χ1n) is 10.9. The van der Waals surface area contributed by atoms with E-state index in [1.54, 1.807) is 4.90 Å². The van der Waals surface area contributed by atoms with E-state index in [0.717, 1.165) is 56.7 Å². The van der Waals surface area contributed by atoms with Gasteiger partial charge in [-0.05, 0) is 63.1 Å². The highest BCUT2D eigenvalue weighted by atomic mass is 16.2. The number of rotatable bonds is 11. The highest BCUT2D eigenvalue weighted by Crippen LogP contribution is 2.29. The van der Waals surface area contributed by atoms with Crippen LogP contribution in [0.15, 0.2) is 18.2 Å². The van der Waals surface area contributed by atoms with Gasteiger partial charge >= 0.3 is 0 Å². The van der Waals surface area contributed by atoms with Crippen LogP contribution in [0.2, 0.25) is 0 Å². The number of hydrogen-bond donors (Lipinski definition) is 3. The maximum absolute atomic E-state index is 13.1. The number of benzene rings is 1. The molecule has 1 unspecified atom stereocenters. The van der Waals surface area contributed by atoms with E-state index in [4.69, 9.17) is 5.73 Å². The normalized spacial score (nSPS) is 18.8. The van der Waals surface area contributed by atoms with Crippen molar-refractivity contribution >= 4 is 17.7 Å². The maximum Gasteiger partial charge on any atom is 0.255 e. The Labute approximate surface area is 178 Å². The summed E-state index contributed by atoms with van der Waals surface area (Å²) >= 11 is 0. The third-order valence-corrected chi connectivity index (χ3v) is 5.91. The van der Waals surface area contributed by atoms with Crippen LogP contribution in [0.1, 0.15) is 54.1 Å². The molecule has 1 atom stereocenters. The van der Waals surface area contributed by atoms with Crippen molar-refractivity contribution in [3.05, 3.63) is 34.9 Å². The van der Waals surface area contributed by atoms with Gasteiger partial charge in [0, 0.05) is 25.1 Å². The first kappa shape index (κ1) is 22.4. The third-order valence-electron chi connectivity index (χ3n) is 5.91. The highest BCUT2D eigenvalue weighted by Gasteiger charge is 2.39. The minimum absolute atomic E-state index is 0.115. The Balaban J connectivity index is 1.54. The molecule has 2 aliphatic heterocycles. The molecule has 8 heteroatoms. The van der Waals surface area contributed by atoms with Gasteiger partial charge in [0.2, 0.25) is 11.8 Å². The molecule has 1 aromatic rings. The molecule has 0 spiro atoms. The molecule has 164 valence electrons. The molecule has 1 fully saturated rings. The molecule has 0 radical (unpaired) electrons. The summed E-state index contributed by atoms with van der Waals surface area (Å²) < 4.78 is 0. The van der Waals surface area contributed by atoms with E-state index in [9.17, 15) is 14.4 Å². The van der Waals surface area contributed by atoms with Crippen molar-refractivity contribution in [2.75, 3.05) is 32.7 Å². The van der Waals surface area contributed by atoms with Crippen LogP contribution < -0.4 is 16.4 Å². The van der Waals surface area contributed by atoms with Gasteiger partial charge in [-0.2, -0.15) is 0 Å². The van der Waals surface area contributed by atoms with Crippen LogP contribution in [0.5, 0.6) is 0 Å². The Morgan fingerprint density at radius 2 is 2.03 bits per heavy atom. The van der Waals surface area contributed by atoms with Gasteiger partial charge in [0.1, 0.15) is 6.04 Å². The van der Waals surface area contributed by atoms with Crippen LogP contribution in [-0.4, -0.2) is 66.3 Å². The number of nitrogens with one attached hydrogen (secondary N) is 2. The molecule has 2 heterocycles. The maximum atomic E-state index is 13.1. The van der Waals surface area contributed by atoms with Crippen molar-refractivity contribution in [3.8, 4) is 0 Å². The molecule has 3 amide bonds. The van der Waals surface area contributed by atoms with Gasteiger partial charge < -0.3 is 20.9 Å². The van der Waals surface area contributed by atoms with E-state index in [2.05, 4.69) is 22.5 Å². The number of imide groups is 1. The predicted molar refractivity (Wildman–Crippen MR) is 115 cm³/mol. The number of nitrogens with zero attached hydrogens (tertiary/aromatic N) is 2. The van der Waals surface area contributed by atoms with Crippen molar-refractivity contribution in [1.29, 1.82) is 0 Å². The Morgan fingerprint density at radius 1 is 1.23 bits per heavy atom. The largest absolute Gasteiger partial charge is 0.330 e. The zero-order valence-electron chi connectivity index (χ0n) is 17.8. The molecular formula is C22H33N5O3. The lowest BCUT2D eigenvalue weighted by Gasteiger charge is -2.29. The molecule has 4 N–H and O–H groups in total. The summed E-state index contributed by atoms with van der Waals surface area (Å²) in [4.78, 5) is 40.7. The lowest BCUT2D eigenvalue weighted by Crippen LogP contribution is -2.52. The summed E-state index contributed by atoms with van der Waals surface area (Å²) in [6.07, 6.45) is 2.70. The zero-order chi connectivity index (χ0) is 21.5. The Hall–Kier alpha value is -2.29. The molecule has 30 heavy (non-hydrogen) atoms. The van der Waals surface area contributed by atoms with Crippen molar-refractivity contribution in [2.45, 2.75) is 51.7 Å². The second kappa shape index (κ2) is 10.7. The lowest BCUT2D eigenvalue weighted by atomic mass is 10.0. The van der Waals surface area contributed by atoms with Crippen molar-refractivity contribution < 1.29 is 14.4 Å². The zero-order valence-corrected chi connectivity index (χ0v) is 17.8. The Morgan fingerprint density at radius 3 is 2.77 bits per heavy atom. The molecule has 0 bridgehead atoms. The van der Waals surface area contributed by atoms with Crippen LogP contribution in [0.4, 0.5) is 0 Å². The van der Waals surface area contributed by atoms with E-state index >= 15 is 0 Å². The van der Waals surface area contributed by atoms with E-state index in [1.165, 1.54) is 0 Å². The topological polar surface area (TPSA) is 108 Å². The van der Waals surface area contributed by atoms with E-state index in [0.29, 0.717) is 25.1 Å². The standard InChI is InChI=1S/C22H33N5O3/c1-2-26(12-4-10-23)13-5-11-24-14-16-6-3-7-17-15-27(22(30)20(16)17)18-8-9-19(28)25-21(18)29/h3,6-7,18,24H,2,4-5,8-15,23H2,1H3,(H,25,28,29). The molecule has 2 aliphatic rings. The minimum atomic E-state index is -0.572. The first-order chi connectivity index (χ1) is 14.5. The molecule has 1 saturated heterocycles. The molecule has 0 aromatic heterocycles. The van der Waals surface area contributed by atoms with Crippen molar-refractivity contribution in [3.63, 3.8) is 0 Å². The number of piperidine rings is 1. The van der Waals surface area contributed by atoms with Crippen molar-refractivity contribution in [2.24, 2.45) is 5.73 Å². The van der Waals surface area contributed by atoms with Crippen LogP contribution in [0, 0.1) is 0 Å². The van der Waals surface area contributed by atoms with Gasteiger partial charge in [-0.1, -0.05) is 25.1 Å². The molecule has 0 saturated carbocycles. The average Bonchev–Trinajstić information content (AvgIpc) is 3.07. The van der Waals surface area contributed by atoms with Crippen LogP contribution >= 0.6 is 0 Å². The number of carbonyl (C=O) groups excluding carboxylic acids is 3. The summed E-state index contributed by atoms with van der Waals surface area (Å²) in [5.74, 6) is -0.756. The molecule has 0 aliphatic carbocycles. The van der Waals surface area contributed by atoms with Gasteiger partial charge in [0.25, 0.3) is 5.91 Å². The Bertz CT molecular complexity index is 782. The van der Waals surface area contributed by atoms with Crippen molar-refractivity contribution in [1.82, 2.24) is 20.4 Å². The number of carbonyl (C=O) groups is 3. The highest BCUT2D eigenvalue weighted by molar-refractivity contribution is 6.05. The summed E-state index contributed by atoms with van der Waals surface area (Å²) in [6.45, 7) is 7.87. The quantitative estimate of drug-likeness (QED) is 0.361. The fraction of sp³-hybridized carbons (Fsp3) is 0.591. The smallest absolute Gasteiger partial charge is 0.255 e. The van der Waals surface area contributed by atoms with Gasteiger partial charge in [0.05, 0.1) is 0 Å². The number of hydrogen-bond acceptors (Lipinski definition) is 6. The van der Waals surface area contributed by atoms with Gasteiger partial charge in [-0.3, -0.25) is 19.7 Å². The van der Waals surface area contributed by atoms with Gasteiger partial charge in [-0.15, -0.1) is 0 Å². The average molecular weight is 416 g/mol. The first-order valence-corrected chi connectivity index (χ1v) is 10.9. The second-order valence-corrected chi connectivity index (χ2v) is 7.96. The number of fused-ring (bicyclic) bond motifs is 1. The fourth-order valence-electron chi connectivity index (χ4n) is 4.23. The monoisotopic (exact) mass is 415 g/mol. The lowest BCUT2D eigenvalue weighted by molar-refractivity contribution is -0.136. The number of nitrogens with two attached hydrogens (primary N) is 1. The molecule has 8 nitrogen and oxygen atoms in total.